The van der Waals surface area contributed by atoms with Crippen LogP contribution in [0.3, 0.4) is 0 Å². The molecule has 2 aromatic rings. The second-order valence-electron chi connectivity index (χ2n) is 5.59. The van der Waals surface area contributed by atoms with Gasteiger partial charge in [0, 0.05) is 32.1 Å². The molecule has 3 rings (SSSR count). The van der Waals surface area contributed by atoms with Gasteiger partial charge < -0.3 is 15.0 Å². The van der Waals surface area contributed by atoms with Crippen molar-refractivity contribution in [3.05, 3.63) is 47.6 Å². The van der Waals surface area contributed by atoms with E-state index in [-0.39, 0.29) is 6.04 Å². The Morgan fingerprint density at radius 1 is 1.29 bits per heavy atom. The predicted molar refractivity (Wildman–Crippen MR) is 78.6 cm³/mol. The topological polar surface area (TPSA) is 74.2 Å². The van der Waals surface area contributed by atoms with Gasteiger partial charge in [0.2, 0.25) is 5.89 Å². The van der Waals surface area contributed by atoms with Crippen LogP contribution in [-0.4, -0.2) is 23.4 Å². The van der Waals surface area contributed by atoms with Crippen molar-refractivity contribution in [3.8, 4) is 0 Å². The average Bonchev–Trinajstić information content (AvgIpc) is 3.18. The minimum absolute atomic E-state index is 0.00443. The number of hydrogen-bond acceptors (Lipinski definition) is 5. The Hall–Kier alpha value is -1.72. The molecule has 0 bridgehead atoms. The number of aromatic nitrogens is 2. The summed E-state index contributed by atoms with van der Waals surface area (Å²) in [5.74, 6) is 1.99. The van der Waals surface area contributed by atoms with Crippen LogP contribution in [0, 0.1) is 5.92 Å². The molecule has 0 amide bonds. The van der Waals surface area contributed by atoms with Gasteiger partial charge in [-0.15, -0.1) is 0 Å². The predicted octanol–water partition coefficient (Wildman–Crippen LogP) is 2.28. The van der Waals surface area contributed by atoms with Crippen LogP contribution >= 0.6 is 0 Å². The van der Waals surface area contributed by atoms with Crippen LogP contribution in [0.25, 0.3) is 0 Å². The van der Waals surface area contributed by atoms with Crippen LogP contribution in [0.2, 0.25) is 0 Å². The molecule has 0 spiro atoms. The van der Waals surface area contributed by atoms with Gasteiger partial charge in [0.1, 0.15) is 0 Å². The van der Waals surface area contributed by atoms with E-state index in [1.54, 1.807) is 0 Å². The maximum atomic E-state index is 6.18. The minimum Gasteiger partial charge on any atom is -0.381 e. The second-order valence-corrected chi connectivity index (χ2v) is 5.59. The van der Waals surface area contributed by atoms with E-state index in [9.17, 15) is 0 Å². The highest BCUT2D eigenvalue weighted by Crippen LogP contribution is 2.18. The number of aryl methyl sites for hydroxylation is 1. The monoisotopic (exact) mass is 287 g/mol. The summed E-state index contributed by atoms with van der Waals surface area (Å²) in [6, 6.07) is 10.1. The maximum absolute atomic E-state index is 6.18. The fourth-order valence-corrected chi connectivity index (χ4v) is 2.62. The van der Waals surface area contributed by atoms with Crippen LogP contribution in [-0.2, 0) is 17.6 Å². The third-order valence-corrected chi connectivity index (χ3v) is 3.90. The molecular formula is C16H21N3O2. The Kier molecular flexibility index (Phi) is 4.62. The number of rotatable bonds is 6. The first-order valence-electron chi connectivity index (χ1n) is 7.51. The van der Waals surface area contributed by atoms with Crippen molar-refractivity contribution < 1.29 is 9.26 Å². The van der Waals surface area contributed by atoms with Gasteiger partial charge >= 0.3 is 0 Å². The Labute approximate surface area is 124 Å². The fourth-order valence-electron chi connectivity index (χ4n) is 2.62. The standard InChI is InChI=1S/C16H21N3O2/c17-14(13-4-2-1-3-5-13)6-7-16-18-15(19-21-16)10-12-8-9-20-11-12/h1-5,12,14H,6-11,17H2. The van der Waals surface area contributed by atoms with Gasteiger partial charge in [-0.25, -0.2) is 0 Å². The van der Waals surface area contributed by atoms with Crippen LogP contribution in [0.5, 0.6) is 0 Å². The molecule has 112 valence electrons. The van der Waals surface area contributed by atoms with Gasteiger partial charge in [0.25, 0.3) is 0 Å². The van der Waals surface area contributed by atoms with E-state index in [0.717, 1.165) is 43.9 Å². The van der Waals surface area contributed by atoms with E-state index < -0.39 is 0 Å². The van der Waals surface area contributed by atoms with E-state index in [1.165, 1.54) is 0 Å². The smallest absolute Gasteiger partial charge is 0.226 e. The third-order valence-electron chi connectivity index (χ3n) is 3.90. The highest BCUT2D eigenvalue weighted by atomic mass is 16.5. The zero-order chi connectivity index (χ0) is 14.5. The third kappa shape index (κ3) is 3.89. The van der Waals surface area contributed by atoms with Crippen molar-refractivity contribution >= 4 is 0 Å². The van der Waals surface area contributed by atoms with Crippen LogP contribution in [0.4, 0.5) is 0 Å². The van der Waals surface area contributed by atoms with Crippen molar-refractivity contribution in [1.29, 1.82) is 0 Å². The molecular weight excluding hydrogens is 266 g/mol. The molecule has 21 heavy (non-hydrogen) atoms. The molecule has 2 unspecified atom stereocenters. The van der Waals surface area contributed by atoms with Crippen molar-refractivity contribution in [2.75, 3.05) is 13.2 Å². The molecule has 1 aliphatic rings. The fraction of sp³-hybridized carbons (Fsp3) is 0.500. The zero-order valence-corrected chi connectivity index (χ0v) is 12.1. The van der Waals surface area contributed by atoms with Gasteiger partial charge in [-0.1, -0.05) is 35.5 Å². The molecule has 1 aliphatic heterocycles. The Bertz CT molecular complexity index is 550. The summed E-state index contributed by atoms with van der Waals surface area (Å²) in [5.41, 5.74) is 7.31. The lowest BCUT2D eigenvalue weighted by Gasteiger charge is -2.09. The summed E-state index contributed by atoms with van der Waals surface area (Å²) in [4.78, 5) is 4.45. The molecule has 5 nitrogen and oxygen atoms in total. The van der Waals surface area contributed by atoms with E-state index in [4.69, 9.17) is 15.0 Å². The number of hydrogen-bond donors (Lipinski definition) is 1. The highest BCUT2D eigenvalue weighted by Gasteiger charge is 2.19. The quantitative estimate of drug-likeness (QED) is 0.882. The summed E-state index contributed by atoms with van der Waals surface area (Å²) in [7, 11) is 0. The summed E-state index contributed by atoms with van der Waals surface area (Å²) in [5, 5.41) is 4.05. The largest absolute Gasteiger partial charge is 0.381 e. The molecule has 2 N–H and O–H groups in total. The van der Waals surface area contributed by atoms with Crippen molar-refractivity contribution in [3.63, 3.8) is 0 Å². The molecule has 5 heteroatoms. The number of ether oxygens (including phenoxy) is 1. The first-order chi connectivity index (χ1) is 10.3. The van der Waals surface area contributed by atoms with E-state index in [1.807, 2.05) is 30.3 Å². The van der Waals surface area contributed by atoms with Gasteiger partial charge in [0.05, 0.1) is 0 Å². The molecule has 2 atom stereocenters. The Morgan fingerprint density at radius 2 is 2.14 bits per heavy atom. The van der Waals surface area contributed by atoms with Gasteiger partial charge in [0.15, 0.2) is 5.82 Å². The van der Waals surface area contributed by atoms with Crippen molar-refractivity contribution in [1.82, 2.24) is 10.1 Å². The summed E-state index contributed by atoms with van der Waals surface area (Å²) < 4.78 is 10.7. The molecule has 2 heterocycles. The molecule has 0 saturated carbocycles. The summed E-state index contributed by atoms with van der Waals surface area (Å²) in [6.07, 6.45) is 3.44. The average molecular weight is 287 g/mol. The van der Waals surface area contributed by atoms with E-state index in [0.29, 0.717) is 18.2 Å². The van der Waals surface area contributed by atoms with Gasteiger partial charge in [-0.2, -0.15) is 4.98 Å². The maximum Gasteiger partial charge on any atom is 0.226 e. The van der Waals surface area contributed by atoms with Gasteiger partial charge in [-0.05, 0) is 24.3 Å². The SMILES string of the molecule is NC(CCc1nc(CC2CCOC2)no1)c1ccccc1. The molecule has 1 aromatic heterocycles. The number of nitrogens with two attached hydrogens (primary N) is 1. The van der Waals surface area contributed by atoms with E-state index in [2.05, 4.69) is 10.1 Å². The van der Waals surface area contributed by atoms with Gasteiger partial charge in [-0.3, -0.25) is 0 Å². The van der Waals surface area contributed by atoms with E-state index >= 15 is 0 Å². The minimum atomic E-state index is 0.00443. The Balaban J connectivity index is 1.50. The lowest BCUT2D eigenvalue weighted by Crippen LogP contribution is -2.11. The molecule has 1 saturated heterocycles. The zero-order valence-electron chi connectivity index (χ0n) is 12.1. The van der Waals surface area contributed by atoms with Crippen molar-refractivity contribution in [2.45, 2.75) is 31.7 Å². The Morgan fingerprint density at radius 3 is 2.90 bits per heavy atom. The van der Waals surface area contributed by atoms with Crippen LogP contribution < -0.4 is 5.73 Å². The molecule has 1 aromatic carbocycles. The molecule has 1 fully saturated rings. The lowest BCUT2D eigenvalue weighted by molar-refractivity contribution is 0.185. The molecule has 0 radical (unpaired) electrons. The first kappa shape index (κ1) is 14.2. The molecule has 0 aliphatic carbocycles. The number of nitrogens with zero attached hydrogens (tertiary/aromatic N) is 2. The van der Waals surface area contributed by atoms with Crippen LogP contribution in [0.1, 0.15) is 36.2 Å². The van der Waals surface area contributed by atoms with Crippen molar-refractivity contribution in [2.24, 2.45) is 11.7 Å². The summed E-state index contributed by atoms with van der Waals surface area (Å²) >= 11 is 0. The second kappa shape index (κ2) is 6.83. The summed E-state index contributed by atoms with van der Waals surface area (Å²) in [6.45, 7) is 1.66. The lowest BCUT2D eigenvalue weighted by atomic mass is 10.0. The highest BCUT2D eigenvalue weighted by molar-refractivity contribution is 5.18. The number of benzene rings is 1. The first-order valence-corrected chi connectivity index (χ1v) is 7.51. The van der Waals surface area contributed by atoms with Crippen LogP contribution in [0.15, 0.2) is 34.9 Å². The normalized spacial score (nSPS) is 19.8.